The SMILES string of the molecule is CSc1ccc(NC(=O)N[C@H](CCCO)c2ccccc2)cc1. The molecule has 0 unspecified atom stereocenters. The van der Waals surface area contributed by atoms with Crippen molar-refractivity contribution in [1.29, 1.82) is 0 Å². The Kier molecular flexibility index (Phi) is 6.97. The van der Waals surface area contributed by atoms with E-state index in [0.717, 1.165) is 16.1 Å². The number of aliphatic hydroxyl groups is 1. The number of hydrogen-bond donors (Lipinski definition) is 3. The van der Waals surface area contributed by atoms with E-state index in [1.807, 2.05) is 60.9 Å². The Labute approximate surface area is 141 Å². The third kappa shape index (κ3) is 5.62. The molecule has 0 radical (unpaired) electrons. The van der Waals surface area contributed by atoms with Gasteiger partial charge in [0, 0.05) is 17.2 Å². The first-order valence-corrected chi connectivity index (χ1v) is 8.83. The fourth-order valence-electron chi connectivity index (χ4n) is 2.30. The van der Waals surface area contributed by atoms with Crippen LogP contribution in [0.25, 0.3) is 0 Å². The van der Waals surface area contributed by atoms with Crippen molar-refractivity contribution in [2.75, 3.05) is 18.2 Å². The van der Waals surface area contributed by atoms with Crippen LogP contribution in [0.3, 0.4) is 0 Å². The highest BCUT2D eigenvalue weighted by Gasteiger charge is 2.14. The van der Waals surface area contributed by atoms with E-state index < -0.39 is 0 Å². The fourth-order valence-corrected chi connectivity index (χ4v) is 2.71. The Morgan fingerprint density at radius 1 is 1.13 bits per heavy atom. The Balaban J connectivity index is 1.98. The molecule has 0 aliphatic rings. The highest BCUT2D eigenvalue weighted by Crippen LogP contribution is 2.20. The molecule has 0 spiro atoms. The van der Waals surface area contributed by atoms with Crippen LogP contribution in [0.2, 0.25) is 0 Å². The molecule has 0 aromatic heterocycles. The lowest BCUT2D eigenvalue weighted by Gasteiger charge is -2.19. The van der Waals surface area contributed by atoms with Gasteiger partial charge in [0.25, 0.3) is 0 Å². The van der Waals surface area contributed by atoms with E-state index in [0.29, 0.717) is 12.8 Å². The van der Waals surface area contributed by atoms with Crippen molar-refractivity contribution >= 4 is 23.5 Å². The summed E-state index contributed by atoms with van der Waals surface area (Å²) < 4.78 is 0. The largest absolute Gasteiger partial charge is 0.396 e. The number of urea groups is 1. The van der Waals surface area contributed by atoms with Crippen LogP contribution in [0, 0.1) is 0 Å². The van der Waals surface area contributed by atoms with Gasteiger partial charge in [-0.15, -0.1) is 11.8 Å². The molecule has 0 saturated heterocycles. The number of rotatable bonds is 7. The summed E-state index contributed by atoms with van der Waals surface area (Å²) in [5.74, 6) is 0. The molecule has 2 aromatic carbocycles. The van der Waals surface area contributed by atoms with Gasteiger partial charge >= 0.3 is 6.03 Å². The molecule has 1 atom stereocenters. The average molecular weight is 330 g/mol. The number of benzene rings is 2. The van der Waals surface area contributed by atoms with Crippen LogP contribution in [0.1, 0.15) is 24.4 Å². The molecule has 2 aromatic rings. The second kappa shape index (κ2) is 9.22. The van der Waals surface area contributed by atoms with Crippen molar-refractivity contribution in [2.45, 2.75) is 23.8 Å². The van der Waals surface area contributed by atoms with Gasteiger partial charge in [0.15, 0.2) is 0 Å². The molecule has 0 saturated carbocycles. The van der Waals surface area contributed by atoms with E-state index in [2.05, 4.69) is 10.6 Å². The van der Waals surface area contributed by atoms with Crippen LogP contribution >= 0.6 is 11.8 Å². The van der Waals surface area contributed by atoms with Gasteiger partial charge in [-0.25, -0.2) is 4.79 Å². The van der Waals surface area contributed by atoms with Crippen molar-refractivity contribution < 1.29 is 9.90 Å². The monoisotopic (exact) mass is 330 g/mol. The van der Waals surface area contributed by atoms with Gasteiger partial charge < -0.3 is 15.7 Å². The van der Waals surface area contributed by atoms with Crippen molar-refractivity contribution in [2.24, 2.45) is 0 Å². The number of anilines is 1. The van der Waals surface area contributed by atoms with Gasteiger partial charge in [-0.1, -0.05) is 30.3 Å². The Morgan fingerprint density at radius 3 is 2.43 bits per heavy atom. The lowest BCUT2D eigenvalue weighted by Crippen LogP contribution is -2.32. The third-order valence-electron chi connectivity index (χ3n) is 3.51. The van der Waals surface area contributed by atoms with E-state index in [9.17, 15) is 4.79 Å². The van der Waals surface area contributed by atoms with Crippen LogP contribution < -0.4 is 10.6 Å². The zero-order chi connectivity index (χ0) is 16.5. The van der Waals surface area contributed by atoms with Crippen LogP contribution in [0.5, 0.6) is 0 Å². The molecule has 2 rings (SSSR count). The van der Waals surface area contributed by atoms with Crippen LogP contribution in [0.4, 0.5) is 10.5 Å². The molecule has 23 heavy (non-hydrogen) atoms. The number of carbonyl (C=O) groups is 1. The topological polar surface area (TPSA) is 61.4 Å². The molecule has 0 fully saturated rings. The minimum atomic E-state index is -0.242. The van der Waals surface area contributed by atoms with Crippen LogP contribution in [-0.2, 0) is 0 Å². The highest BCUT2D eigenvalue weighted by molar-refractivity contribution is 7.98. The van der Waals surface area contributed by atoms with Gasteiger partial charge in [-0.05, 0) is 48.9 Å². The lowest BCUT2D eigenvalue weighted by atomic mass is 10.0. The molecule has 0 aliphatic heterocycles. The minimum absolute atomic E-state index is 0.114. The lowest BCUT2D eigenvalue weighted by molar-refractivity contribution is 0.244. The Hall–Kier alpha value is -1.98. The quantitative estimate of drug-likeness (QED) is 0.671. The molecule has 3 N–H and O–H groups in total. The summed E-state index contributed by atoms with van der Waals surface area (Å²) in [5.41, 5.74) is 1.79. The molecule has 0 bridgehead atoms. The Bertz CT molecular complexity index is 602. The van der Waals surface area contributed by atoms with Gasteiger partial charge in [-0.3, -0.25) is 0 Å². The molecule has 0 aliphatic carbocycles. The zero-order valence-corrected chi connectivity index (χ0v) is 14.0. The first-order valence-electron chi connectivity index (χ1n) is 7.60. The summed E-state index contributed by atoms with van der Waals surface area (Å²) in [6.07, 6.45) is 3.35. The van der Waals surface area contributed by atoms with Crippen molar-refractivity contribution in [3.8, 4) is 0 Å². The van der Waals surface area contributed by atoms with E-state index in [1.54, 1.807) is 11.8 Å². The van der Waals surface area contributed by atoms with Crippen LogP contribution in [-0.4, -0.2) is 24.0 Å². The maximum Gasteiger partial charge on any atom is 0.319 e. The first-order chi connectivity index (χ1) is 11.2. The molecule has 2 amide bonds. The summed E-state index contributed by atoms with van der Waals surface area (Å²) in [6, 6.07) is 17.2. The van der Waals surface area contributed by atoms with E-state index in [4.69, 9.17) is 5.11 Å². The van der Waals surface area contributed by atoms with Crippen molar-refractivity contribution in [3.05, 3.63) is 60.2 Å². The normalized spacial score (nSPS) is 11.7. The van der Waals surface area contributed by atoms with Gasteiger partial charge in [0.05, 0.1) is 6.04 Å². The second-order valence-corrected chi connectivity index (χ2v) is 6.04. The number of aliphatic hydroxyl groups excluding tert-OH is 1. The Morgan fingerprint density at radius 2 is 1.83 bits per heavy atom. The molecule has 4 nitrogen and oxygen atoms in total. The maximum atomic E-state index is 12.2. The fraction of sp³-hybridized carbons (Fsp3) is 0.278. The van der Waals surface area contributed by atoms with Crippen molar-refractivity contribution in [1.82, 2.24) is 5.32 Å². The number of hydrogen-bond acceptors (Lipinski definition) is 3. The third-order valence-corrected chi connectivity index (χ3v) is 4.25. The number of amides is 2. The number of carbonyl (C=O) groups excluding carboxylic acids is 1. The molecule has 0 heterocycles. The first kappa shape index (κ1) is 17.4. The second-order valence-electron chi connectivity index (χ2n) is 5.16. The molecular weight excluding hydrogens is 308 g/mol. The number of nitrogens with one attached hydrogen (secondary N) is 2. The molecule has 5 heteroatoms. The number of thioether (sulfide) groups is 1. The maximum absolute atomic E-state index is 12.2. The average Bonchev–Trinajstić information content (AvgIpc) is 2.60. The van der Waals surface area contributed by atoms with E-state index in [-0.39, 0.29) is 18.7 Å². The summed E-state index contributed by atoms with van der Waals surface area (Å²) in [5, 5.41) is 14.9. The summed E-state index contributed by atoms with van der Waals surface area (Å²) in [7, 11) is 0. The minimum Gasteiger partial charge on any atom is -0.396 e. The van der Waals surface area contributed by atoms with E-state index in [1.165, 1.54) is 0 Å². The predicted molar refractivity (Wildman–Crippen MR) is 95.9 cm³/mol. The van der Waals surface area contributed by atoms with Gasteiger partial charge in [-0.2, -0.15) is 0 Å². The van der Waals surface area contributed by atoms with Crippen LogP contribution in [0.15, 0.2) is 59.5 Å². The van der Waals surface area contributed by atoms with E-state index >= 15 is 0 Å². The summed E-state index contributed by atoms with van der Waals surface area (Å²) in [6.45, 7) is 0.114. The zero-order valence-electron chi connectivity index (χ0n) is 13.2. The predicted octanol–water partition coefficient (Wildman–Crippen LogP) is 4.04. The summed E-state index contributed by atoms with van der Waals surface area (Å²) in [4.78, 5) is 13.4. The standard InChI is InChI=1S/C18H22N2O2S/c1-23-16-11-9-15(10-12-16)19-18(22)20-17(8-5-13-21)14-6-3-2-4-7-14/h2-4,6-7,9-12,17,21H,5,8,13H2,1H3,(H2,19,20,22)/t17-/m1/s1. The molecular formula is C18H22N2O2S. The van der Waals surface area contributed by atoms with Gasteiger partial charge in [0.2, 0.25) is 0 Å². The summed E-state index contributed by atoms with van der Waals surface area (Å²) >= 11 is 1.66. The highest BCUT2D eigenvalue weighted by atomic mass is 32.2. The smallest absolute Gasteiger partial charge is 0.319 e. The van der Waals surface area contributed by atoms with Crippen molar-refractivity contribution in [3.63, 3.8) is 0 Å². The molecule has 122 valence electrons. The van der Waals surface area contributed by atoms with Gasteiger partial charge in [0.1, 0.15) is 0 Å².